The molecule has 16 heavy (non-hydrogen) atoms. The minimum atomic E-state index is 0.691. The van der Waals surface area contributed by atoms with Crippen LogP contribution in [0.4, 0.5) is 5.82 Å². The lowest BCUT2D eigenvalue weighted by molar-refractivity contribution is 0.355. The highest BCUT2D eigenvalue weighted by Crippen LogP contribution is 2.22. The van der Waals surface area contributed by atoms with Crippen molar-refractivity contribution in [3.8, 4) is 0 Å². The van der Waals surface area contributed by atoms with Gasteiger partial charge in [0, 0.05) is 50.3 Å². The molecule has 1 aliphatic heterocycles. The van der Waals surface area contributed by atoms with Crippen molar-refractivity contribution in [2.45, 2.75) is 6.54 Å². The van der Waals surface area contributed by atoms with Crippen molar-refractivity contribution in [3.63, 3.8) is 0 Å². The van der Waals surface area contributed by atoms with Gasteiger partial charge in [0.1, 0.15) is 5.82 Å². The van der Waals surface area contributed by atoms with E-state index in [1.54, 1.807) is 12.4 Å². The lowest BCUT2D eigenvalue weighted by Gasteiger charge is -2.40. The predicted molar refractivity (Wildman–Crippen MR) is 60.0 cm³/mol. The second-order valence-corrected chi connectivity index (χ2v) is 4.09. The Morgan fingerprint density at radius 2 is 2.12 bits per heavy atom. The number of nitrogens with zero attached hydrogens (tertiary/aromatic N) is 5. The summed E-state index contributed by atoms with van der Waals surface area (Å²) in [5, 5.41) is 0. The average molecular weight is 215 g/mol. The first-order chi connectivity index (χ1) is 7.92. The summed E-state index contributed by atoms with van der Waals surface area (Å²) in [4.78, 5) is 14.6. The maximum Gasteiger partial charge on any atom is 0.147 e. The Morgan fingerprint density at radius 3 is 2.81 bits per heavy atom. The Morgan fingerprint density at radius 1 is 1.19 bits per heavy atom. The van der Waals surface area contributed by atoms with E-state index in [-0.39, 0.29) is 0 Å². The molecule has 0 bridgehead atoms. The van der Waals surface area contributed by atoms with Crippen molar-refractivity contribution >= 4 is 5.82 Å². The van der Waals surface area contributed by atoms with Crippen LogP contribution in [0, 0.1) is 5.92 Å². The summed E-state index contributed by atoms with van der Waals surface area (Å²) < 4.78 is 2.12. The zero-order valence-electron chi connectivity index (χ0n) is 8.90. The molecule has 0 saturated carbocycles. The molecule has 2 aromatic heterocycles. The lowest BCUT2D eigenvalue weighted by Crippen LogP contribution is -2.48. The summed E-state index contributed by atoms with van der Waals surface area (Å²) in [6.07, 6.45) is 10.9. The van der Waals surface area contributed by atoms with E-state index in [0.29, 0.717) is 5.92 Å². The second kappa shape index (κ2) is 3.92. The van der Waals surface area contributed by atoms with Gasteiger partial charge < -0.3 is 9.47 Å². The molecule has 0 radical (unpaired) electrons. The quantitative estimate of drug-likeness (QED) is 0.760. The maximum atomic E-state index is 4.28. The minimum Gasteiger partial charge on any atom is -0.355 e. The van der Waals surface area contributed by atoms with E-state index in [4.69, 9.17) is 0 Å². The van der Waals surface area contributed by atoms with Gasteiger partial charge in [-0.25, -0.2) is 9.97 Å². The smallest absolute Gasteiger partial charge is 0.147 e. The van der Waals surface area contributed by atoms with Crippen molar-refractivity contribution in [1.82, 2.24) is 19.5 Å². The van der Waals surface area contributed by atoms with Crippen LogP contribution in [0.5, 0.6) is 0 Å². The van der Waals surface area contributed by atoms with Gasteiger partial charge in [-0.05, 0) is 0 Å². The van der Waals surface area contributed by atoms with Crippen LogP contribution in [0.1, 0.15) is 0 Å². The molecule has 3 heterocycles. The summed E-state index contributed by atoms with van der Waals surface area (Å²) in [5.41, 5.74) is 0. The van der Waals surface area contributed by atoms with Crippen LogP contribution < -0.4 is 4.90 Å². The topological polar surface area (TPSA) is 46.8 Å². The third-order valence-corrected chi connectivity index (χ3v) is 2.86. The summed E-state index contributed by atoms with van der Waals surface area (Å²) in [6, 6.07) is 0. The van der Waals surface area contributed by atoms with Crippen LogP contribution in [0.15, 0.2) is 37.3 Å². The standard InChI is InChI=1S/C11H13N5/c1-2-14-11(5-12-1)16-7-10(8-16)6-15-4-3-13-9-15/h1-5,9-10H,6-8H2. The van der Waals surface area contributed by atoms with E-state index in [9.17, 15) is 0 Å². The van der Waals surface area contributed by atoms with E-state index >= 15 is 0 Å². The molecule has 0 amide bonds. The number of anilines is 1. The summed E-state index contributed by atoms with van der Waals surface area (Å²) in [5.74, 6) is 1.67. The van der Waals surface area contributed by atoms with Gasteiger partial charge in [0.15, 0.2) is 0 Å². The highest BCUT2D eigenvalue weighted by atomic mass is 15.3. The van der Waals surface area contributed by atoms with E-state index in [1.165, 1.54) is 0 Å². The Balaban J connectivity index is 1.55. The normalized spacial score (nSPS) is 16.1. The van der Waals surface area contributed by atoms with Crippen LogP contribution in [0.3, 0.4) is 0 Å². The van der Waals surface area contributed by atoms with Crippen LogP contribution in [0.25, 0.3) is 0 Å². The van der Waals surface area contributed by atoms with E-state index in [0.717, 1.165) is 25.5 Å². The zero-order valence-corrected chi connectivity index (χ0v) is 8.90. The average Bonchev–Trinajstić information content (AvgIpc) is 2.77. The first-order valence-electron chi connectivity index (χ1n) is 5.38. The molecule has 0 spiro atoms. The van der Waals surface area contributed by atoms with Gasteiger partial charge in [-0.1, -0.05) is 0 Å². The van der Waals surface area contributed by atoms with Crippen LogP contribution in [-0.4, -0.2) is 32.6 Å². The van der Waals surface area contributed by atoms with Crippen molar-refractivity contribution in [2.75, 3.05) is 18.0 Å². The molecule has 0 unspecified atom stereocenters. The minimum absolute atomic E-state index is 0.691. The molecule has 1 fully saturated rings. The van der Waals surface area contributed by atoms with Gasteiger partial charge >= 0.3 is 0 Å². The van der Waals surface area contributed by atoms with Crippen molar-refractivity contribution in [2.24, 2.45) is 5.92 Å². The molecule has 0 aliphatic carbocycles. The van der Waals surface area contributed by atoms with Gasteiger partial charge in [-0.2, -0.15) is 0 Å². The first kappa shape index (κ1) is 9.33. The van der Waals surface area contributed by atoms with E-state index in [2.05, 4.69) is 24.4 Å². The van der Waals surface area contributed by atoms with Gasteiger partial charge in [-0.15, -0.1) is 0 Å². The number of aromatic nitrogens is 4. The van der Waals surface area contributed by atoms with Gasteiger partial charge in [0.2, 0.25) is 0 Å². The fraction of sp³-hybridized carbons (Fsp3) is 0.364. The van der Waals surface area contributed by atoms with Gasteiger partial charge in [0.05, 0.1) is 12.5 Å². The molecular formula is C11H13N5. The first-order valence-corrected chi connectivity index (χ1v) is 5.38. The molecule has 1 saturated heterocycles. The van der Waals surface area contributed by atoms with Gasteiger partial charge in [0.25, 0.3) is 0 Å². The summed E-state index contributed by atoms with van der Waals surface area (Å²) >= 11 is 0. The SMILES string of the molecule is c1cnc(N2CC(Cn3ccnc3)C2)cn1. The van der Waals surface area contributed by atoms with Crippen molar-refractivity contribution in [3.05, 3.63) is 37.3 Å². The Bertz CT molecular complexity index is 433. The molecule has 0 aromatic carbocycles. The van der Waals surface area contributed by atoms with Gasteiger partial charge in [-0.3, -0.25) is 4.98 Å². The maximum absolute atomic E-state index is 4.28. The van der Waals surface area contributed by atoms with Crippen molar-refractivity contribution < 1.29 is 0 Å². The largest absolute Gasteiger partial charge is 0.355 e. The predicted octanol–water partition coefficient (Wildman–Crippen LogP) is 0.809. The molecule has 2 aromatic rings. The molecule has 3 rings (SSSR count). The highest BCUT2D eigenvalue weighted by Gasteiger charge is 2.27. The van der Waals surface area contributed by atoms with Crippen LogP contribution in [-0.2, 0) is 6.54 Å². The number of hydrogen-bond acceptors (Lipinski definition) is 4. The second-order valence-electron chi connectivity index (χ2n) is 4.09. The molecular weight excluding hydrogens is 202 g/mol. The Hall–Kier alpha value is -1.91. The van der Waals surface area contributed by atoms with E-state index in [1.807, 2.05) is 24.9 Å². The molecule has 82 valence electrons. The van der Waals surface area contributed by atoms with E-state index < -0.39 is 0 Å². The molecule has 1 aliphatic rings. The molecule has 0 N–H and O–H groups in total. The van der Waals surface area contributed by atoms with Crippen LogP contribution in [0.2, 0.25) is 0 Å². The summed E-state index contributed by atoms with van der Waals surface area (Å²) in [7, 11) is 0. The third-order valence-electron chi connectivity index (χ3n) is 2.86. The summed E-state index contributed by atoms with van der Waals surface area (Å²) in [6.45, 7) is 3.14. The molecule has 5 heteroatoms. The highest BCUT2D eigenvalue weighted by molar-refractivity contribution is 5.38. The molecule has 5 nitrogen and oxygen atoms in total. The number of rotatable bonds is 3. The zero-order chi connectivity index (χ0) is 10.8. The lowest BCUT2D eigenvalue weighted by atomic mass is 10.0. The monoisotopic (exact) mass is 215 g/mol. The Labute approximate surface area is 93.8 Å². The van der Waals surface area contributed by atoms with Crippen molar-refractivity contribution in [1.29, 1.82) is 0 Å². The number of imidazole rings is 1. The fourth-order valence-electron chi connectivity index (χ4n) is 2.02. The van der Waals surface area contributed by atoms with Crippen LogP contribution >= 0.6 is 0 Å². The third kappa shape index (κ3) is 1.76. The number of hydrogen-bond donors (Lipinski definition) is 0. The molecule has 0 atom stereocenters. The Kier molecular flexibility index (Phi) is 2.29. The fourth-order valence-corrected chi connectivity index (χ4v) is 2.02.